The third-order valence-corrected chi connectivity index (χ3v) is 3.38. The van der Waals surface area contributed by atoms with Crippen LogP contribution in [-0.2, 0) is 4.79 Å². The molecule has 0 radical (unpaired) electrons. The minimum Gasteiger partial charge on any atom is -0.493 e. The SMILES string of the molecule is COc1ccc(C(O)CC(C)(C)C(=O)O)c(OC)c1OC. The molecule has 0 aliphatic heterocycles. The van der Waals surface area contributed by atoms with Gasteiger partial charge in [0.05, 0.1) is 32.8 Å². The Bertz CT molecular complexity index is 509. The number of benzene rings is 1. The maximum atomic E-state index is 11.2. The van der Waals surface area contributed by atoms with Crippen molar-refractivity contribution in [3.05, 3.63) is 17.7 Å². The van der Waals surface area contributed by atoms with E-state index in [4.69, 9.17) is 19.3 Å². The standard InChI is InChI=1S/C15H22O6/c1-15(2,14(17)18)8-10(16)9-6-7-11(19-3)13(21-5)12(9)20-4/h6-7,10,16H,8H2,1-5H3,(H,17,18). The highest BCUT2D eigenvalue weighted by atomic mass is 16.5. The van der Waals surface area contributed by atoms with Gasteiger partial charge in [-0.1, -0.05) is 0 Å². The van der Waals surface area contributed by atoms with Gasteiger partial charge in [-0.3, -0.25) is 4.79 Å². The molecule has 0 aromatic heterocycles. The smallest absolute Gasteiger partial charge is 0.309 e. The fourth-order valence-electron chi connectivity index (χ4n) is 2.07. The second kappa shape index (κ2) is 6.67. The van der Waals surface area contributed by atoms with Crippen LogP contribution in [0.4, 0.5) is 0 Å². The number of aliphatic hydroxyl groups excluding tert-OH is 1. The molecular formula is C15H22O6. The lowest BCUT2D eigenvalue weighted by molar-refractivity contribution is -0.148. The number of carboxylic acids is 1. The van der Waals surface area contributed by atoms with Gasteiger partial charge in [-0.25, -0.2) is 0 Å². The topological polar surface area (TPSA) is 85.2 Å². The molecule has 0 heterocycles. The summed E-state index contributed by atoms with van der Waals surface area (Å²) in [7, 11) is 4.43. The maximum Gasteiger partial charge on any atom is 0.309 e. The largest absolute Gasteiger partial charge is 0.493 e. The van der Waals surface area contributed by atoms with Gasteiger partial charge in [-0.2, -0.15) is 0 Å². The van der Waals surface area contributed by atoms with Gasteiger partial charge in [0.25, 0.3) is 0 Å². The van der Waals surface area contributed by atoms with E-state index < -0.39 is 17.5 Å². The average molecular weight is 298 g/mol. The Hall–Kier alpha value is -1.95. The van der Waals surface area contributed by atoms with Crippen molar-refractivity contribution in [3.8, 4) is 17.2 Å². The van der Waals surface area contributed by atoms with E-state index >= 15 is 0 Å². The fraction of sp³-hybridized carbons (Fsp3) is 0.533. The third-order valence-electron chi connectivity index (χ3n) is 3.38. The highest BCUT2D eigenvalue weighted by molar-refractivity contribution is 5.73. The predicted octanol–water partition coefficient (Wildman–Crippen LogP) is 2.25. The minimum atomic E-state index is -1.06. The third kappa shape index (κ3) is 3.58. The van der Waals surface area contributed by atoms with E-state index in [1.54, 1.807) is 26.0 Å². The zero-order chi connectivity index (χ0) is 16.2. The van der Waals surface area contributed by atoms with Crippen LogP contribution in [-0.4, -0.2) is 37.5 Å². The molecule has 0 aliphatic rings. The lowest BCUT2D eigenvalue weighted by Crippen LogP contribution is -2.26. The Morgan fingerprint density at radius 2 is 1.71 bits per heavy atom. The Labute approximate surface area is 124 Å². The van der Waals surface area contributed by atoms with Gasteiger partial charge in [-0.05, 0) is 32.4 Å². The van der Waals surface area contributed by atoms with E-state index in [9.17, 15) is 9.90 Å². The molecular weight excluding hydrogens is 276 g/mol. The van der Waals surface area contributed by atoms with Gasteiger partial charge in [0.15, 0.2) is 11.5 Å². The molecule has 0 saturated heterocycles. The number of aliphatic hydroxyl groups is 1. The number of methoxy groups -OCH3 is 3. The lowest BCUT2D eigenvalue weighted by Gasteiger charge is -2.25. The van der Waals surface area contributed by atoms with Crippen LogP contribution in [0.2, 0.25) is 0 Å². The number of carbonyl (C=O) groups is 1. The summed E-state index contributed by atoms with van der Waals surface area (Å²) in [6, 6.07) is 3.29. The van der Waals surface area contributed by atoms with Gasteiger partial charge in [0, 0.05) is 5.56 Å². The van der Waals surface area contributed by atoms with Gasteiger partial charge >= 0.3 is 5.97 Å². The van der Waals surface area contributed by atoms with Gasteiger partial charge in [0.2, 0.25) is 5.75 Å². The van der Waals surface area contributed by atoms with E-state index in [0.29, 0.717) is 22.8 Å². The van der Waals surface area contributed by atoms with E-state index in [0.717, 1.165) is 0 Å². The molecule has 1 aromatic carbocycles. The zero-order valence-corrected chi connectivity index (χ0v) is 13.0. The molecule has 1 unspecified atom stereocenters. The monoisotopic (exact) mass is 298 g/mol. The number of hydrogen-bond acceptors (Lipinski definition) is 5. The maximum absolute atomic E-state index is 11.2. The summed E-state index contributed by atoms with van der Waals surface area (Å²) in [6.45, 7) is 3.12. The summed E-state index contributed by atoms with van der Waals surface area (Å²) in [5.41, 5.74) is -0.595. The van der Waals surface area contributed by atoms with E-state index in [1.165, 1.54) is 21.3 Å². The van der Waals surface area contributed by atoms with Crippen molar-refractivity contribution in [2.75, 3.05) is 21.3 Å². The van der Waals surface area contributed by atoms with E-state index in [-0.39, 0.29) is 6.42 Å². The molecule has 0 amide bonds. The number of aliphatic carboxylic acids is 1. The second-order valence-electron chi connectivity index (χ2n) is 5.33. The highest BCUT2D eigenvalue weighted by Gasteiger charge is 2.32. The fourth-order valence-corrected chi connectivity index (χ4v) is 2.07. The molecule has 6 nitrogen and oxygen atoms in total. The molecule has 6 heteroatoms. The summed E-state index contributed by atoms with van der Waals surface area (Å²) >= 11 is 0. The van der Waals surface area contributed by atoms with Crippen LogP contribution in [0.15, 0.2) is 12.1 Å². The van der Waals surface area contributed by atoms with Crippen molar-refractivity contribution >= 4 is 5.97 Å². The van der Waals surface area contributed by atoms with E-state index in [1.807, 2.05) is 0 Å². The molecule has 21 heavy (non-hydrogen) atoms. The molecule has 118 valence electrons. The first-order valence-electron chi connectivity index (χ1n) is 6.48. The molecule has 0 aliphatic carbocycles. The van der Waals surface area contributed by atoms with Gasteiger partial charge in [0.1, 0.15) is 0 Å². The summed E-state index contributed by atoms with van der Waals surface area (Å²) in [5, 5.41) is 19.5. The lowest BCUT2D eigenvalue weighted by atomic mass is 9.84. The summed E-state index contributed by atoms with van der Waals surface area (Å²) < 4.78 is 15.7. The van der Waals surface area contributed by atoms with Crippen LogP contribution < -0.4 is 14.2 Å². The molecule has 1 atom stereocenters. The summed E-state index contributed by atoms with van der Waals surface area (Å²) in [5.74, 6) is 0.207. The predicted molar refractivity (Wildman–Crippen MR) is 77.1 cm³/mol. The quantitative estimate of drug-likeness (QED) is 0.803. The van der Waals surface area contributed by atoms with Crippen molar-refractivity contribution in [2.24, 2.45) is 5.41 Å². The molecule has 0 saturated carbocycles. The van der Waals surface area contributed by atoms with Crippen LogP contribution >= 0.6 is 0 Å². The first-order chi connectivity index (χ1) is 9.78. The molecule has 2 N–H and O–H groups in total. The van der Waals surface area contributed by atoms with Gasteiger partial charge in [-0.15, -0.1) is 0 Å². The van der Waals surface area contributed by atoms with Crippen molar-refractivity contribution in [1.29, 1.82) is 0 Å². The molecule has 1 aromatic rings. The Morgan fingerprint density at radius 3 is 2.14 bits per heavy atom. The molecule has 0 fully saturated rings. The minimum absolute atomic E-state index is 0.0498. The van der Waals surface area contributed by atoms with E-state index in [2.05, 4.69) is 0 Å². The summed E-state index contributed by atoms with van der Waals surface area (Å²) in [4.78, 5) is 11.2. The zero-order valence-electron chi connectivity index (χ0n) is 13.0. The van der Waals surface area contributed by atoms with Crippen molar-refractivity contribution < 1.29 is 29.2 Å². The molecule has 0 bridgehead atoms. The Morgan fingerprint density at radius 1 is 1.14 bits per heavy atom. The first-order valence-corrected chi connectivity index (χ1v) is 6.48. The Balaban J connectivity index is 3.21. The first kappa shape index (κ1) is 17.1. The van der Waals surface area contributed by atoms with Crippen molar-refractivity contribution in [1.82, 2.24) is 0 Å². The molecule has 0 spiro atoms. The van der Waals surface area contributed by atoms with Crippen molar-refractivity contribution in [3.63, 3.8) is 0 Å². The molecule has 1 rings (SSSR count). The van der Waals surface area contributed by atoms with Crippen molar-refractivity contribution in [2.45, 2.75) is 26.4 Å². The highest BCUT2D eigenvalue weighted by Crippen LogP contribution is 2.44. The normalized spacial score (nSPS) is 12.7. The number of ether oxygens (including phenoxy) is 3. The van der Waals surface area contributed by atoms with Crippen LogP contribution in [0.3, 0.4) is 0 Å². The average Bonchev–Trinajstić information content (AvgIpc) is 2.44. The summed E-state index contributed by atoms with van der Waals surface area (Å²) in [6.07, 6.45) is -0.945. The Kier molecular flexibility index (Phi) is 5.43. The van der Waals surface area contributed by atoms with Crippen LogP contribution in [0.1, 0.15) is 31.9 Å². The van der Waals surface area contributed by atoms with Crippen LogP contribution in [0.25, 0.3) is 0 Å². The number of rotatable bonds is 7. The van der Waals surface area contributed by atoms with Crippen LogP contribution in [0, 0.1) is 5.41 Å². The number of hydrogen-bond donors (Lipinski definition) is 2. The van der Waals surface area contributed by atoms with Crippen LogP contribution in [0.5, 0.6) is 17.2 Å². The second-order valence-corrected chi connectivity index (χ2v) is 5.33. The van der Waals surface area contributed by atoms with Gasteiger partial charge < -0.3 is 24.4 Å². The number of carboxylic acid groups (broad SMARTS) is 1.